The van der Waals surface area contributed by atoms with Crippen molar-refractivity contribution in [2.24, 2.45) is 0 Å². The standard InChI is InChI=1S/C16H15N/c1-12-8-15(13(2)16(9-12)11-17)10-14-6-4-3-5-7-14/h3-9H,10H2,1-2H3. The lowest BCUT2D eigenvalue weighted by molar-refractivity contribution is 1.14. The number of benzene rings is 2. The zero-order valence-corrected chi connectivity index (χ0v) is 10.2. The normalized spacial score (nSPS) is 9.94. The van der Waals surface area contributed by atoms with Crippen LogP contribution in [0.5, 0.6) is 0 Å². The van der Waals surface area contributed by atoms with E-state index in [4.69, 9.17) is 5.26 Å². The molecule has 0 aliphatic carbocycles. The Balaban J connectivity index is 2.40. The molecule has 1 heteroatoms. The van der Waals surface area contributed by atoms with Gasteiger partial charge in [0.15, 0.2) is 0 Å². The molecule has 0 radical (unpaired) electrons. The Hall–Kier alpha value is -2.07. The average Bonchev–Trinajstić information content (AvgIpc) is 2.34. The highest BCUT2D eigenvalue weighted by molar-refractivity contribution is 5.46. The van der Waals surface area contributed by atoms with Gasteiger partial charge in [-0.25, -0.2) is 0 Å². The van der Waals surface area contributed by atoms with Gasteiger partial charge in [-0.15, -0.1) is 0 Å². The lowest BCUT2D eigenvalue weighted by Crippen LogP contribution is -1.96. The highest BCUT2D eigenvalue weighted by Crippen LogP contribution is 2.19. The van der Waals surface area contributed by atoms with Crippen LogP contribution in [0, 0.1) is 25.2 Å². The fourth-order valence-electron chi connectivity index (χ4n) is 2.05. The maximum absolute atomic E-state index is 9.08. The topological polar surface area (TPSA) is 23.8 Å². The summed E-state index contributed by atoms with van der Waals surface area (Å²) in [5.74, 6) is 0. The van der Waals surface area contributed by atoms with Gasteiger partial charge in [0, 0.05) is 0 Å². The fraction of sp³-hybridized carbons (Fsp3) is 0.188. The summed E-state index contributed by atoms with van der Waals surface area (Å²) in [6.45, 7) is 4.06. The molecule has 17 heavy (non-hydrogen) atoms. The van der Waals surface area contributed by atoms with Crippen LogP contribution in [-0.4, -0.2) is 0 Å². The molecule has 0 spiro atoms. The second kappa shape index (κ2) is 4.84. The van der Waals surface area contributed by atoms with Gasteiger partial charge in [-0.2, -0.15) is 5.26 Å². The molecule has 2 rings (SSSR count). The van der Waals surface area contributed by atoms with E-state index < -0.39 is 0 Å². The van der Waals surface area contributed by atoms with Crippen molar-refractivity contribution in [2.45, 2.75) is 20.3 Å². The van der Waals surface area contributed by atoms with E-state index in [9.17, 15) is 0 Å². The lowest BCUT2D eigenvalue weighted by Gasteiger charge is -2.09. The number of rotatable bonds is 2. The minimum absolute atomic E-state index is 0.788. The van der Waals surface area contributed by atoms with Crippen molar-refractivity contribution in [3.8, 4) is 6.07 Å². The van der Waals surface area contributed by atoms with Gasteiger partial charge < -0.3 is 0 Å². The molecule has 0 saturated carbocycles. The van der Waals surface area contributed by atoms with E-state index >= 15 is 0 Å². The van der Waals surface area contributed by atoms with Gasteiger partial charge in [-0.3, -0.25) is 0 Å². The van der Waals surface area contributed by atoms with Gasteiger partial charge in [0.05, 0.1) is 11.6 Å². The van der Waals surface area contributed by atoms with Crippen LogP contribution in [0.4, 0.5) is 0 Å². The third-order valence-electron chi connectivity index (χ3n) is 3.02. The Bertz CT molecular complexity index is 562. The van der Waals surface area contributed by atoms with Crippen molar-refractivity contribution < 1.29 is 0 Å². The molecule has 2 aromatic rings. The molecule has 0 bridgehead atoms. The van der Waals surface area contributed by atoms with Crippen molar-refractivity contribution in [1.82, 2.24) is 0 Å². The van der Waals surface area contributed by atoms with Crippen LogP contribution in [0.15, 0.2) is 42.5 Å². The van der Waals surface area contributed by atoms with Gasteiger partial charge >= 0.3 is 0 Å². The van der Waals surface area contributed by atoms with Gasteiger partial charge in [0.25, 0.3) is 0 Å². The van der Waals surface area contributed by atoms with E-state index in [-0.39, 0.29) is 0 Å². The van der Waals surface area contributed by atoms with E-state index in [1.165, 1.54) is 11.1 Å². The van der Waals surface area contributed by atoms with Crippen molar-refractivity contribution in [1.29, 1.82) is 5.26 Å². The summed E-state index contributed by atoms with van der Waals surface area (Å²) in [7, 11) is 0. The molecule has 1 nitrogen and oxygen atoms in total. The molecule has 0 saturated heterocycles. The van der Waals surface area contributed by atoms with Crippen LogP contribution in [0.1, 0.15) is 27.8 Å². The molecular formula is C16H15N. The second-order valence-electron chi connectivity index (χ2n) is 4.37. The van der Waals surface area contributed by atoms with E-state index in [1.807, 2.05) is 38.1 Å². The van der Waals surface area contributed by atoms with Gasteiger partial charge in [0.1, 0.15) is 0 Å². The van der Waals surface area contributed by atoms with E-state index in [0.717, 1.165) is 23.1 Å². The average molecular weight is 221 g/mol. The predicted octanol–water partition coefficient (Wildman–Crippen LogP) is 3.77. The summed E-state index contributed by atoms with van der Waals surface area (Å²) in [6, 6.07) is 16.7. The first kappa shape index (κ1) is 11.4. The van der Waals surface area contributed by atoms with E-state index in [1.54, 1.807) is 0 Å². The second-order valence-corrected chi connectivity index (χ2v) is 4.37. The van der Waals surface area contributed by atoms with Gasteiger partial charge in [0.2, 0.25) is 0 Å². The summed E-state index contributed by atoms with van der Waals surface area (Å²) in [4.78, 5) is 0. The van der Waals surface area contributed by atoms with Crippen LogP contribution >= 0.6 is 0 Å². The third kappa shape index (κ3) is 2.54. The molecule has 0 unspecified atom stereocenters. The number of hydrogen-bond donors (Lipinski definition) is 0. The highest BCUT2D eigenvalue weighted by Gasteiger charge is 2.06. The minimum atomic E-state index is 0.788. The van der Waals surface area contributed by atoms with E-state index in [2.05, 4.69) is 24.3 Å². The van der Waals surface area contributed by atoms with Crippen LogP contribution < -0.4 is 0 Å². The predicted molar refractivity (Wildman–Crippen MR) is 69.9 cm³/mol. The smallest absolute Gasteiger partial charge is 0.0994 e. The Labute approximate surface area is 102 Å². The SMILES string of the molecule is Cc1cc(C#N)c(C)c(Cc2ccccc2)c1. The Kier molecular flexibility index (Phi) is 3.25. The molecule has 0 aliphatic rings. The van der Waals surface area contributed by atoms with Crippen molar-refractivity contribution in [2.75, 3.05) is 0 Å². The molecule has 0 aliphatic heterocycles. The zero-order chi connectivity index (χ0) is 12.3. The van der Waals surface area contributed by atoms with E-state index in [0.29, 0.717) is 0 Å². The first-order valence-electron chi connectivity index (χ1n) is 5.75. The molecular weight excluding hydrogens is 206 g/mol. The summed E-state index contributed by atoms with van der Waals surface area (Å²) < 4.78 is 0. The van der Waals surface area contributed by atoms with Crippen molar-refractivity contribution in [3.63, 3.8) is 0 Å². The van der Waals surface area contributed by atoms with Crippen LogP contribution in [0.25, 0.3) is 0 Å². The molecule has 0 aromatic heterocycles. The largest absolute Gasteiger partial charge is 0.192 e. The van der Waals surface area contributed by atoms with Crippen LogP contribution in [0.2, 0.25) is 0 Å². The first-order valence-corrected chi connectivity index (χ1v) is 5.75. The zero-order valence-electron chi connectivity index (χ0n) is 10.2. The Morgan fingerprint density at radius 2 is 1.76 bits per heavy atom. The van der Waals surface area contributed by atoms with Crippen LogP contribution in [-0.2, 0) is 6.42 Å². The Morgan fingerprint density at radius 1 is 1.06 bits per heavy atom. The van der Waals surface area contributed by atoms with Crippen LogP contribution in [0.3, 0.4) is 0 Å². The summed E-state index contributed by atoms with van der Waals surface area (Å²) in [5, 5.41) is 9.08. The number of hydrogen-bond acceptors (Lipinski definition) is 1. The molecule has 0 amide bonds. The maximum Gasteiger partial charge on any atom is 0.0994 e. The van der Waals surface area contributed by atoms with Gasteiger partial charge in [-0.1, -0.05) is 36.4 Å². The monoisotopic (exact) mass is 221 g/mol. The molecule has 0 heterocycles. The molecule has 2 aromatic carbocycles. The number of nitrogens with zero attached hydrogens (tertiary/aromatic N) is 1. The summed E-state index contributed by atoms with van der Waals surface area (Å²) >= 11 is 0. The van der Waals surface area contributed by atoms with Crippen molar-refractivity contribution in [3.05, 3.63) is 70.3 Å². The highest BCUT2D eigenvalue weighted by atomic mass is 14.2. The number of aryl methyl sites for hydroxylation is 1. The fourth-order valence-corrected chi connectivity index (χ4v) is 2.05. The Morgan fingerprint density at radius 3 is 2.41 bits per heavy atom. The number of nitriles is 1. The summed E-state index contributed by atoms with van der Waals surface area (Å²) in [6.07, 6.45) is 0.892. The quantitative estimate of drug-likeness (QED) is 0.757. The summed E-state index contributed by atoms with van der Waals surface area (Å²) in [5.41, 5.74) is 5.56. The lowest BCUT2D eigenvalue weighted by atomic mass is 9.95. The molecule has 0 fully saturated rings. The molecule has 84 valence electrons. The maximum atomic E-state index is 9.08. The molecule has 0 atom stereocenters. The van der Waals surface area contributed by atoms with Crippen molar-refractivity contribution >= 4 is 0 Å². The third-order valence-corrected chi connectivity index (χ3v) is 3.02. The first-order chi connectivity index (χ1) is 8.20. The molecule has 0 N–H and O–H groups in total. The minimum Gasteiger partial charge on any atom is -0.192 e. The van der Waals surface area contributed by atoms with Gasteiger partial charge in [-0.05, 0) is 48.6 Å².